The summed E-state index contributed by atoms with van der Waals surface area (Å²) in [4.78, 5) is 4.59. The van der Waals surface area contributed by atoms with Crippen LogP contribution in [-0.2, 0) is 9.47 Å². The van der Waals surface area contributed by atoms with Gasteiger partial charge < -0.3 is 25.2 Å². The Hall–Kier alpha value is -0.850. The van der Waals surface area contributed by atoms with Crippen LogP contribution in [0, 0.1) is 5.92 Å². The molecule has 0 aromatic heterocycles. The van der Waals surface area contributed by atoms with Crippen molar-refractivity contribution in [1.29, 1.82) is 0 Å². The molecule has 0 aromatic carbocycles. The van der Waals surface area contributed by atoms with Crippen LogP contribution >= 0.6 is 0 Å². The maximum atomic E-state index is 10.6. The molecule has 0 amide bonds. The fourth-order valence-corrected chi connectivity index (χ4v) is 3.48. The zero-order chi connectivity index (χ0) is 17.8. The summed E-state index contributed by atoms with van der Waals surface area (Å²) in [6.45, 7) is 7.59. The van der Waals surface area contributed by atoms with E-state index < -0.39 is 5.60 Å². The second-order valence-corrected chi connectivity index (χ2v) is 7.39. The Kier molecular flexibility index (Phi) is 9.58. The van der Waals surface area contributed by atoms with Crippen LogP contribution in [0.25, 0.3) is 0 Å². The molecule has 0 atom stereocenters. The van der Waals surface area contributed by atoms with E-state index >= 15 is 0 Å². The minimum Gasteiger partial charge on any atom is -0.388 e. The van der Waals surface area contributed by atoms with Gasteiger partial charge in [-0.2, -0.15) is 0 Å². The maximum absolute atomic E-state index is 10.6. The van der Waals surface area contributed by atoms with Crippen molar-refractivity contribution in [2.75, 3.05) is 46.1 Å². The molecule has 1 saturated carbocycles. The van der Waals surface area contributed by atoms with E-state index in [4.69, 9.17) is 9.47 Å². The zero-order valence-corrected chi connectivity index (χ0v) is 15.9. The minimum atomic E-state index is -0.604. The summed E-state index contributed by atoms with van der Waals surface area (Å²) >= 11 is 0. The van der Waals surface area contributed by atoms with Crippen molar-refractivity contribution in [1.82, 2.24) is 10.6 Å². The van der Waals surface area contributed by atoms with Crippen LogP contribution in [-0.4, -0.2) is 62.7 Å². The van der Waals surface area contributed by atoms with E-state index in [-0.39, 0.29) is 0 Å². The molecule has 6 heteroatoms. The molecule has 0 aromatic rings. The van der Waals surface area contributed by atoms with Gasteiger partial charge >= 0.3 is 0 Å². The lowest BCUT2D eigenvalue weighted by Gasteiger charge is -2.30. The summed E-state index contributed by atoms with van der Waals surface area (Å²) in [7, 11) is 0. The van der Waals surface area contributed by atoms with Crippen LogP contribution in [0.15, 0.2) is 4.99 Å². The Morgan fingerprint density at radius 2 is 1.96 bits per heavy atom. The lowest BCUT2D eigenvalue weighted by atomic mass is 9.85. The molecule has 0 spiro atoms. The molecule has 2 fully saturated rings. The molecule has 0 radical (unpaired) electrons. The molecule has 1 aliphatic heterocycles. The summed E-state index contributed by atoms with van der Waals surface area (Å²) in [5.74, 6) is 1.46. The van der Waals surface area contributed by atoms with Gasteiger partial charge in [0.1, 0.15) is 0 Å². The van der Waals surface area contributed by atoms with Crippen molar-refractivity contribution >= 4 is 5.96 Å². The number of ether oxygens (including phenoxy) is 2. The predicted molar refractivity (Wildman–Crippen MR) is 101 cm³/mol. The highest BCUT2D eigenvalue weighted by Gasteiger charge is 2.28. The van der Waals surface area contributed by atoms with Crippen LogP contribution < -0.4 is 10.6 Å². The van der Waals surface area contributed by atoms with Crippen LogP contribution in [0.1, 0.15) is 58.3 Å². The zero-order valence-electron chi connectivity index (χ0n) is 15.9. The molecule has 6 nitrogen and oxygen atoms in total. The largest absolute Gasteiger partial charge is 0.388 e. The average molecular weight is 356 g/mol. The monoisotopic (exact) mass is 355 g/mol. The number of rotatable bonds is 9. The van der Waals surface area contributed by atoms with Gasteiger partial charge in [-0.05, 0) is 44.9 Å². The first kappa shape index (κ1) is 20.5. The van der Waals surface area contributed by atoms with E-state index in [0.717, 1.165) is 90.4 Å². The van der Waals surface area contributed by atoms with E-state index in [1.165, 1.54) is 6.42 Å². The third kappa shape index (κ3) is 8.38. The Morgan fingerprint density at radius 3 is 2.68 bits per heavy atom. The van der Waals surface area contributed by atoms with Crippen LogP contribution in [0.4, 0.5) is 0 Å². The fraction of sp³-hybridized carbons (Fsp3) is 0.947. The van der Waals surface area contributed by atoms with Crippen molar-refractivity contribution in [3.8, 4) is 0 Å². The first-order valence-corrected chi connectivity index (χ1v) is 10.1. The van der Waals surface area contributed by atoms with Gasteiger partial charge in [0, 0.05) is 39.5 Å². The van der Waals surface area contributed by atoms with Crippen LogP contribution in [0.5, 0.6) is 0 Å². The van der Waals surface area contributed by atoms with Crippen molar-refractivity contribution < 1.29 is 14.6 Å². The van der Waals surface area contributed by atoms with E-state index in [2.05, 4.69) is 22.5 Å². The third-order valence-corrected chi connectivity index (χ3v) is 5.11. The van der Waals surface area contributed by atoms with E-state index in [1.54, 1.807) is 0 Å². The molecule has 3 N–H and O–H groups in total. The standard InChI is InChI=1S/C19H37N3O3/c1-2-20-18(22-16-19(23)9-4-3-5-10-19)21-11-6-12-25-15-17-7-13-24-14-8-17/h17,23H,2-16H2,1H3,(H2,20,21,22). The van der Waals surface area contributed by atoms with Gasteiger partial charge in [-0.3, -0.25) is 4.99 Å². The highest BCUT2D eigenvalue weighted by molar-refractivity contribution is 5.79. The second kappa shape index (κ2) is 11.7. The second-order valence-electron chi connectivity index (χ2n) is 7.39. The SMILES string of the molecule is CCNC(=NCC1(O)CCCCC1)NCCCOCC1CCOCC1. The van der Waals surface area contributed by atoms with Gasteiger partial charge in [0.05, 0.1) is 12.1 Å². The van der Waals surface area contributed by atoms with E-state index in [0.29, 0.717) is 12.5 Å². The van der Waals surface area contributed by atoms with E-state index in [9.17, 15) is 5.11 Å². The Bertz CT molecular complexity index is 378. The predicted octanol–water partition coefficient (Wildman–Crippen LogP) is 2.07. The van der Waals surface area contributed by atoms with Crippen molar-refractivity contribution in [3.05, 3.63) is 0 Å². The topological polar surface area (TPSA) is 75.1 Å². The number of aliphatic hydroxyl groups is 1. The molecule has 1 aliphatic carbocycles. The molecule has 2 rings (SSSR count). The van der Waals surface area contributed by atoms with Gasteiger partial charge in [-0.15, -0.1) is 0 Å². The van der Waals surface area contributed by atoms with Crippen molar-refractivity contribution in [3.63, 3.8) is 0 Å². The first-order valence-electron chi connectivity index (χ1n) is 10.1. The number of nitrogens with zero attached hydrogens (tertiary/aromatic N) is 1. The molecule has 146 valence electrons. The van der Waals surface area contributed by atoms with Gasteiger partial charge in [-0.1, -0.05) is 19.3 Å². The lowest BCUT2D eigenvalue weighted by Crippen LogP contribution is -2.41. The molecule has 1 heterocycles. The summed E-state index contributed by atoms with van der Waals surface area (Å²) in [5.41, 5.74) is -0.604. The fourth-order valence-electron chi connectivity index (χ4n) is 3.48. The Morgan fingerprint density at radius 1 is 1.20 bits per heavy atom. The maximum Gasteiger partial charge on any atom is 0.191 e. The van der Waals surface area contributed by atoms with Gasteiger partial charge in [0.25, 0.3) is 0 Å². The van der Waals surface area contributed by atoms with Crippen LogP contribution in [0.3, 0.4) is 0 Å². The quantitative estimate of drug-likeness (QED) is 0.335. The van der Waals surface area contributed by atoms with Crippen LogP contribution in [0.2, 0.25) is 0 Å². The number of hydrogen-bond acceptors (Lipinski definition) is 4. The van der Waals surface area contributed by atoms with E-state index in [1.807, 2.05) is 0 Å². The molecule has 0 unspecified atom stereocenters. The van der Waals surface area contributed by atoms with Crippen molar-refractivity contribution in [2.24, 2.45) is 10.9 Å². The summed E-state index contributed by atoms with van der Waals surface area (Å²) in [6, 6.07) is 0. The van der Waals surface area contributed by atoms with Gasteiger partial charge in [-0.25, -0.2) is 0 Å². The highest BCUT2D eigenvalue weighted by Crippen LogP contribution is 2.28. The summed E-state index contributed by atoms with van der Waals surface area (Å²) in [5, 5.41) is 17.2. The number of guanidine groups is 1. The molecule has 1 saturated heterocycles. The minimum absolute atomic E-state index is 0.489. The third-order valence-electron chi connectivity index (χ3n) is 5.11. The summed E-state index contributed by atoms with van der Waals surface area (Å²) in [6.07, 6.45) is 8.40. The number of nitrogens with one attached hydrogen (secondary N) is 2. The molecule has 25 heavy (non-hydrogen) atoms. The van der Waals surface area contributed by atoms with Crippen molar-refractivity contribution in [2.45, 2.75) is 63.9 Å². The number of hydrogen-bond donors (Lipinski definition) is 3. The molecular weight excluding hydrogens is 318 g/mol. The van der Waals surface area contributed by atoms with Gasteiger partial charge in [0.2, 0.25) is 0 Å². The molecular formula is C19H37N3O3. The van der Waals surface area contributed by atoms with Gasteiger partial charge in [0.15, 0.2) is 5.96 Å². The summed E-state index contributed by atoms with van der Waals surface area (Å²) < 4.78 is 11.2. The molecule has 2 aliphatic rings. The lowest BCUT2D eigenvalue weighted by molar-refractivity contribution is 0.0131. The Balaban J connectivity index is 1.59. The number of aliphatic imine (C=N–C) groups is 1. The highest BCUT2D eigenvalue weighted by atomic mass is 16.5. The smallest absolute Gasteiger partial charge is 0.191 e. The first-order chi connectivity index (χ1) is 12.2. The molecule has 0 bridgehead atoms. The Labute approximate surface area is 152 Å². The average Bonchev–Trinajstić information content (AvgIpc) is 2.64. The normalized spacial score (nSPS) is 21.9.